The lowest BCUT2D eigenvalue weighted by molar-refractivity contribution is -0.117. The summed E-state index contributed by atoms with van der Waals surface area (Å²) in [7, 11) is 0. The lowest BCUT2D eigenvalue weighted by Crippen LogP contribution is -2.44. The Balaban J connectivity index is 2.95. The molecule has 3 N–H and O–H groups in total. The van der Waals surface area contributed by atoms with E-state index < -0.39 is 17.5 Å². The van der Waals surface area contributed by atoms with Crippen molar-refractivity contribution in [3.8, 4) is 11.1 Å². The lowest BCUT2D eigenvalue weighted by Gasteiger charge is -2.35. The molecule has 1 aromatic heterocycles. The molecule has 0 spiro atoms. The van der Waals surface area contributed by atoms with Crippen molar-refractivity contribution in [2.45, 2.75) is 86.2 Å². The highest BCUT2D eigenvalue weighted by molar-refractivity contribution is 5.83. The highest BCUT2D eigenvalue weighted by Gasteiger charge is 2.30. The lowest BCUT2D eigenvalue weighted by atomic mass is 9.86. The van der Waals surface area contributed by atoms with Gasteiger partial charge in [-0.3, -0.25) is 14.7 Å². The molecule has 6 nitrogen and oxygen atoms in total. The Bertz CT molecular complexity index is 989. The molecule has 180 valence electrons. The number of aromatic nitrogens is 1. The van der Waals surface area contributed by atoms with Gasteiger partial charge in [-0.25, -0.2) is 4.79 Å². The van der Waals surface area contributed by atoms with E-state index in [2.05, 4.69) is 20.8 Å². The SMILES string of the molecule is CCCc1nc(CC(C)C)c(CN(C(=O)O)C(C)(C)C)c(-c2ccc(C)cc2)c1CC(N)=O. The highest BCUT2D eigenvalue weighted by atomic mass is 16.4. The third kappa shape index (κ3) is 6.80. The average molecular weight is 454 g/mol. The first-order chi connectivity index (χ1) is 15.3. The van der Waals surface area contributed by atoms with E-state index in [9.17, 15) is 14.7 Å². The fraction of sp³-hybridized carbons (Fsp3) is 0.519. The van der Waals surface area contributed by atoms with Gasteiger partial charge in [-0.15, -0.1) is 0 Å². The first kappa shape index (κ1) is 26.4. The molecule has 2 aromatic rings. The molecule has 0 aliphatic carbocycles. The normalized spacial score (nSPS) is 11.6. The minimum absolute atomic E-state index is 0.0725. The van der Waals surface area contributed by atoms with Gasteiger partial charge in [0.15, 0.2) is 0 Å². The quantitative estimate of drug-likeness (QED) is 0.523. The van der Waals surface area contributed by atoms with E-state index in [1.807, 2.05) is 52.0 Å². The Morgan fingerprint density at radius 2 is 1.70 bits per heavy atom. The van der Waals surface area contributed by atoms with Gasteiger partial charge < -0.3 is 10.8 Å². The molecule has 0 radical (unpaired) electrons. The zero-order valence-corrected chi connectivity index (χ0v) is 21.2. The van der Waals surface area contributed by atoms with E-state index in [1.54, 1.807) is 0 Å². The maximum atomic E-state index is 12.2. The summed E-state index contributed by atoms with van der Waals surface area (Å²) < 4.78 is 0. The van der Waals surface area contributed by atoms with Gasteiger partial charge in [-0.2, -0.15) is 0 Å². The third-order valence-corrected chi connectivity index (χ3v) is 5.71. The number of rotatable bonds is 9. The monoisotopic (exact) mass is 453 g/mol. The van der Waals surface area contributed by atoms with E-state index in [0.29, 0.717) is 5.92 Å². The Labute approximate surface area is 198 Å². The molecule has 33 heavy (non-hydrogen) atoms. The second-order valence-electron chi connectivity index (χ2n) is 10.2. The zero-order valence-electron chi connectivity index (χ0n) is 21.2. The number of carbonyl (C=O) groups excluding carboxylic acids is 1. The van der Waals surface area contributed by atoms with E-state index in [1.165, 1.54) is 4.90 Å². The standard InChI is InChI=1S/C27H39N3O3/c1-8-9-22-20(15-24(28)31)25(19-12-10-18(4)11-13-19)21(23(29-22)14-17(2)3)16-30(26(32)33)27(5,6)7/h10-13,17H,8-9,14-16H2,1-7H3,(H2,28,31)(H,32,33). The Kier molecular flexibility index (Phi) is 8.64. The predicted octanol–water partition coefficient (Wildman–Crippen LogP) is 5.51. The molecular weight excluding hydrogens is 414 g/mol. The number of primary amides is 1. The molecule has 1 heterocycles. The second-order valence-corrected chi connectivity index (χ2v) is 10.2. The molecule has 0 aliphatic rings. The van der Waals surface area contributed by atoms with Crippen molar-refractivity contribution in [3.05, 3.63) is 52.3 Å². The number of hydrogen-bond donors (Lipinski definition) is 2. The molecule has 0 atom stereocenters. The van der Waals surface area contributed by atoms with E-state index in [4.69, 9.17) is 10.7 Å². The molecule has 2 rings (SSSR count). The van der Waals surface area contributed by atoms with Gasteiger partial charge in [0.1, 0.15) is 0 Å². The van der Waals surface area contributed by atoms with Crippen LogP contribution in [0.3, 0.4) is 0 Å². The number of nitrogens with two attached hydrogens (primary N) is 1. The topological polar surface area (TPSA) is 96.5 Å². The number of pyridine rings is 1. The van der Waals surface area contributed by atoms with E-state index in [0.717, 1.165) is 58.5 Å². The number of carbonyl (C=O) groups is 2. The Morgan fingerprint density at radius 3 is 2.15 bits per heavy atom. The molecule has 2 amide bonds. The van der Waals surface area contributed by atoms with Crippen molar-refractivity contribution in [1.82, 2.24) is 9.88 Å². The van der Waals surface area contributed by atoms with Crippen LogP contribution in [0.4, 0.5) is 4.79 Å². The summed E-state index contributed by atoms with van der Waals surface area (Å²) >= 11 is 0. The largest absolute Gasteiger partial charge is 0.465 e. The Hall–Kier alpha value is -2.89. The van der Waals surface area contributed by atoms with Crippen molar-refractivity contribution in [3.63, 3.8) is 0 Å². The fourth-order valence-corrected chi connectivity index (χ4v) is 4.12. The van der Waals surface area contributed by atoms with Crippen LogP contribution in [0.25, 0.3) is 11.1 Å². The zero-order chi connectivity index (χ0) is 24.9. The van der Waals surface area contributed by atoms with Crippen LogP contribution < -0.4 is 5.73 Å². The molecule has 0 fully saturated rings. The molecule has 0 saturated carbocycles. The molecule has 0 saturated heterocycles. The van der Waals surface area contributed by atoms with Crippen LogP contribution in [-0.4, -0.2) is 32.5 Å². The number of aryl methyl sites for hydroxylation is 2. The molecule has 6 heteroatoms. The van der Waals surface area contributed by atoms with Gasteiger partial charge in [0.05, 0.1) is 13.0 Å². The predicted molar refractivity (Wildman–Crippen MR) is 133 cm³/mol. The second kappa shape index (κ2) is 10.8. The molecule has 0 aliphatic heterocycles. The summed E-state index contributed by atoms with van der Waals surface area (Å²) in [6.45, 7) is 14.2. The molecule has 1 aromatic carbocycles. The van der Waals surface area contributed by atoms with Crippen LogP contribution >= 0.6 is 0 Å². The number of benzene rings is 1. The van der Waals surface area contributed by atoms with Crippen molar-refractivity contribution >= 4 is 12.0 Å². The Morgan fingerprint density at radius 1 is 1.09 bits per heavy atom. The number of amides is 2. The number of carboxylic acid groups (broad SMARTS) is 1. The van der Waals surface area contributed by atoms with Crippen LogP contribution in [0.2, 0.25) is 0 Å². The molecule has 0 bridgehead atoms. The first-order valence-corrected chi connectivity index (χ1v) is 11.7. The smallest absolute Gasteiger partial charge is 0.408 e. The van der Waals surface area contributed by atoms with Crippen LogP contribution in [0, 0.1) is 12.8 Å². The van der Waals surface area contributed by atoms with Gasteiger partial charge in [-0.1, -0.05) is 57.0 Å². The molecular formula is C27H39N3O3. The summed E-state index contributed by atoms with van der Waals surface area (Å²) in [5.74, 6) is -0.0810. The summed E-state index contributed by atoms with van der Waals surface area (Å²) in [5.41, 5.74) is 11.5. The van der Waals surface area contributed by atoms with Crippen molar-refractivity contribution < 1.29 is 14.7 Å². The van der Waals surface area contributed by atoms with Gasteiger partial charge in [0.25, 0.3) is 0 Å². The number of hydrogen-bond acceptors (Lipinski definition) is 3. The van der Waals surface area contributed by atoms with Crippen molar-refractivity contribution in [2.75, 3.05) is 0 Å². The van der Waals surface area contributed by atoms with E-state index in [-0.39, 0.29) is 13.0 Å². The van der Waals surface area contributed by atoms with E-state index >= 15 is 0 Å². The highest BCUT2D eigenvalue weighted by Crippen LogP contribution is 2.35. The van der Waals surface area contributed by atoms with Crippen molar-refractivity contribution in [1.29, 1.82) is 0 Å². The minimum atomic E-state index is -0.984. The maximum absolute atomic E-state index is 12.2. The summed E-state index contributed by atoms with van der Waals surface area (Å²) in [4.78, 5) is 30.8. The average Bonchev–Trinajstić information content (AvgIpc) is 2.67. The van der Waals surface area contributed by atoms with Crippen LogP contribution in [0.1, 0.15) is 76.0 Å². The van der Waals surface area contributed by atoms with Gasteiger partial charge in [0, 0.05) is 22.5 Å². The number of nitrogens with zero attached hydrogens (tertiary/aromatic N) is 2. The summed E-state index contributed by atoms with van der Waals surface area (Å²) in [5, 5.41) is 10.0. The van der Waals surface area contributed by atoms with Crippen LogP contribution in [-0.2, 0) is 30.6 Å². The molecule has 0 unspecified atom stereocenters. The van der Waals surface area contributed by atoms with Gasteiger partial charge >= 0.3 is 6.09 Å². The first-order valence-electron chi connectivity index (χ1n) is 11.7. The summed E-state index contributed by atoms with van der Waals surface area (Å²) in [6.07, 6.45) is 1.43. The van der Waals surface area contributed by atoms with Crippen molar-refractivity contribution in [2.24, 2.45) is 11.7 Å². The summed E-state index contributed by atoms with van der Waals surface area (Å²) in [6, 6.07) is 8.15. The van der Waals surface area contributed by atoms with Gasteiger partial charge in [-0.05, 0) is 63.1 Å². The third-order valence-electron chi connectivity index (χ3n) is 5.71. The van der Waals surface area contributed by atoms with Crippen LogP contribution in [0.5, 0.6) is 0 Å². The fourth-order valence-electron chi connectivity index (χ4n) is 4.12. The van der Waals surface area contributed by atoms with Gasteiger partial charge in [0.2, 0.25) is 5.91 Å². The van der Waals surface area contributed by atoms with Crippen LogP contribution in [0.15, 0.2) is 24.3 Å². The maximum Gasteiger partial charge on any atom is 0.408 e. The minimum Gasteiger partial charge on any atom is -0.465 e.